The first-order chi connectivity index (χ1) is 7.20. The Balaban J connectivity index is 2.87. The third-order valence-electron chi connectivity index (χ3n) is 2.27. The normalized spacial score (nSPS) is 10.4. The van der Waals surface area contributed by atoms with Crippen LogP contribution in [0.3, 0.4) is 0 Å². The standard InChI is InChI=1S/C11H15BrFNO/c1-14(6-7-15-2)11-5-3-4-10(13)9(11)8-12/h3-5H,6-8H2,1-2H3. The molecule has 0 aliphatic rings. The van der Waals surface area contributed by atoms with E-state index in [0.717, 1.165) is 12.2 Å². The number of benzene rings is 1. The van der Waals surface area contributed by atoms with E-state index in [1.807, 2.05) is 18.0 Å². The molecule has 0 saturated heterocycles. The van der Waals surface area contributed by atoms with E-state index < -0.39 is 0 Å². The summed E-state index contributed by atoms with van der Waals surface area (Å²) >= 11 is 3.30. The summed E-state index contributed by atoms with van der Waals surface area (Å²) in [7, 11) is 3.59. The second-order valence-corrected chi connectivity index (χ2v) is 3.85. The number of rotatable bonds is 5. The van der Waals surface area contributed by atoms with E-state index in [1.165, 1.54) is 6.07 Å². The highest BCUT2D eigenvalue weighted by molar-refractivity contribution is 9.08. The first-order valence-electron chi connectivity index (χ1n) is 4.74. The van der Waals surface area contributed by atoms with Crippen molar-refractivity contribution in [3.8, 4) is 0 Å². The molecule has 0 bridgehead atoms. The van der Waals surface area contributed by atoms with Gasteiger partial charge < -0.3 is 9.64 Å². The quantitative estimate of drug-likeness (QED) is 0.767. The van der Waals surface area contributed by atoms with Crippen molar-refractivity contribution in [1.29, 1.82) is 0 Å². The highest BCUT2D eigenvalue weighted by Crippen LogP contribution is 2.24. The number of anilines is 1. The lowest BCUT2D eigenvalue weighted by molar-refractivity contribution is 0.206. The van der Waals surface area contributed by atoms with Crippen molar-refractivity contribution in [3.63, 3.8) is 0 Å². The summed E-state index contributed by atoms with van der Waals surface area (Å²) in [6.07, 6.45) is 0. The number of alkyl halides is 1. The van der Waals surface area contributed by atoms with E-state index in [4.69, 9.17) is 4.74 Å². The van der Waals surface area contributed by atoms with Crippen LogP contribution >= 0.6 is 15.9 Å². The number of halogens is 2. The lowest BCUT2D eigenvalue weighted by Crippen LogP contribution is -2.23. The largest absolute Gasteiger partial charge is 0.383 e. The molecule has 1 rings (SSSR count). The average molecular weight is 276 g/mol. The molecule has 0 atom stereocenters. The lowest BCUT2D eigenvalue weighted by atomic mass is 10.2. The zero-order valence-corrected chi connectivity index (χ0v) is 10.6. The van der Waals surface area contributed by atoms with Gasteiger partial charge in [0.2, 0.25) is 0 Å². The molecule has 0 saturated carbocycles. The molecule has 0 aliphatic heterocycles. The van der Waals surface area contributed by atoms with Crippen LogP contribution in [-0.2, 0) is 10.1 Å². The maximum Gasteiger partial charge on any atom is 0.129 e. The number of hydrogen-bond acceptors (Lipinski definition) is 2. The number of likely N-dealkylation sites (N-methyl/N-ethyl adjacent to an activating group) is 1. The van der Waals surface area contributed by atoms with Crippen LogP contribution in [0.5, 0.6) is 0 Å². The SMILES string of the molecule is COCCN(C)c1cccc(F)c1CBr. The van der Waals surface area contributed by atoms with Crippen LogP contribution < -0.4 is 4.90 Å². The van der Waals surface area contributed by atoms with Gasteiger partial charge in [0, 0.05) is 37.3 Å². The summed E-state index contributed by atoms with van der Waals surface area (Å²) in [4.78, 5) is 1.99. The predicted octanol–water partition coefficient (Wildman–Crippen LogP) is 2.80. The molecule has 0 amide bonds. The molecule has 0 unspecified atom stereocenters. The molecule has 1 aromatic rings. The fourth-order valence-electron chi connectivity index (χ4n) is 1.39. The minimum Gasteiger partial charge on any atom is -0.383 e. The molecule has 0 fully saturated rings. The van der Waals surface area contributed by atoms with E-state index in [1.54, 1.807) is 13.2 Å². The number of nitrogens with zero attached hydrogens (tertiary/aromatic N) is 1. The topological polar surface area (TPSA) is 12.5 Å². The molecule has 15 heavy (non-hydrogen) atoms. The van der Waals surface area contributed by atoms with Gasteiger partial charge in [0.1, 0.15) is 5.82 Å². The van der Waals surface area contributed by atoms with Gasteiger partial charge >= 0.3 is 0 Å². The van der Waals surface area contributed by atoms with Gasteiger partial charge in [0.05, 0.1) is 6.61 Å². The Labute approximate surface area is 98.2 Å². The van der Waals surface area contributed by atoms with Gasteiger partial charge in [-0.2, -0.15) is 0 Å². The Morgan fingerprint density at radius 3 is 2.80 bits per heavy atom. The molecule has 84 valence electrons. The predicted molar refractivity (Wildman–Crippen MR) is 64.2 cm³/mol. The average Bonchev–Trinajstić information content (AvgIpc) is 2.25. The maximum atomic E-state index is 13.4. The van der Waals surface area contributed by atoms with Crippen LogP contribution in [0.1, 0.15) is 5.56 Å². The van der Waals surface area contributed by atoms with Crippen molar-refractivity contribution in [1.82, 2.24) is 0 Å². The third-order valence-corrected chi connectivity index (χ3v) is 2.83. The smallest absolute Gasteiger partial charge is 0.129 e. The Bertz CT molecular complexity index is 319. The Morgan fingerprint density at radius 1 is 1.47 bits per heavy atom. The third kappa shape index (κ3) is 3.18. The van der Waals surface area contributed by atoms with Gasteiger partial charge in [-0.05, 0) is 12.1 Å². The van der Waals surface area contributed by atoms with E-state index in [9.17, 15) is 4.39 Å². The lowest BCUT2D eigenvalue weighted by Gasteiger charge is -2.21. The molecule has 0 radical (unpaired) electrons. The minimum atomic E-state index is -0.173. The minimum absolute atomic E-state index is 0.173. The van der Waals surface area contributed by atoms with Gasteiger partial charge in [0.25, 0.3) is 0 Å². The highest BCUT2D eigenvalue weighted by Gasteiger charge is 2.10. The molecule has 0 spiro atoms. The highest BCUT2D eigenvalue weighted by atomic mass is 79.9. The monoisotopic (exact) mass is 275 g/mol. The zero-order chi connectivity index (χ0) is 11.3. The van der Waals surface area contributed by atoms with Crippen LogP contribution in [0.4, 0.5) is 10.1 Å². The van der Waals surface area contributed by atoms with Gasteiger partial charge in [-0.15, -0.1) is 0 Å². The summed E-state index contributed by atoms with van der Waals surface area (Å²) in [6.45, 7) is 1.38. The Hall–Kier alpha value is -0.610. The maximum absolute atomic E-state index is 13.4. The van der Waals surface area contributed by atoms with Crippen molar-refractivity contribution in [3.05, 3.63) is 29.6 Å². The van der Waals surface area contributed by atoms with E-state index in [2.05, 4.69) is 15.9 Å². The first kappa shape index (κ1) is 12.5. The van der Waals surface area contributed by atoms with E-state index in [-0.39, 0.29) is 5.82 Å². The van der Waals surface area contributed by atoms with Gasteiger partial charge in [-0.1, -0.05) is 22.0 Å². The van der Waals surface area contributed by atoms with Crippen molar-refractivity contribution < 1.29 is 9.13 Å². The summed E-state index contributed by atoms with van der Waals surface area (Å²) in [6, 6.07) is 5.11. The molecule has 4 heteroatoms. The van der Waals surface area contributed by atoms with Crippen molar-refractivity contribution in [2.45, 2.75) is 5.33 Å². The second-order valence-electron chi connectivity index (χ2n) is 3.29. The molecule has 1 aromatic carbocycles. The van der Waals surface area contributed by atoms with Crippen LogP contribution in [0.2, 0.25) is 0 Å². The van der Waals surface area contributed by atoms with Gasteiger partial charge in [-0.3, -0.25) is 0 Å². The molecule has 0 aromatic heterocycles. The number of hydrogen-bond donors (Lipinski definition) is 0. The van der Waals surface area contributed by atoms with Crippen molar-refractivity contribution in [2.24, 2.45) is 0 Å². The van der Waals surface area contributed by atoms with E-state index >= 15 is 0 Å². The Morgan fingerprint density at radius 2 is 2.20 bits per heavy atom. The molecule has 0 heterocycles. The second kappa shape index (κ2) is 6.08. The molecular weight excluding hydrogens is 261 g/mol. The van der Waals surface area contributed by atoms with Crippen LogP contribution in [0, 0.1) is 5.82 Å². The van der Waals surface area contributed by atoms with E-state index in [0.29, 0.717) is 17.5 Å². The van der Waals surface area contributed by atoms with Crippen molar-refractivity contribution >= 4 is 21.6 Å². The van der Waals surface area contributed by atoms with Crippen LogP contribution in [0.25, 0.3) is 0 Å². The first-order valence-corrected chi connectivity index (χ1v) is 5.86. The number of ether oxygens (including phenoxy) is 1. The summed E-state index contributed by atoms with van der Waals surface area (Å²) < 4.78 is 18.4. The molecule has 0 N–H and O–H groups in total. The molecule has 0 aliphatic carbocycles. The Kier molecular flexibility index (Phi) is 5.05. The van der Waals surface area contributed by atoms with Gasteiger partial charge in [-0.25, -0.2) is 4.39 Å². The fourth-order valence-corrected chi connectivity index (χ4v) is 1.94. The zero-order valence-electron chi connectivity index (χ0n) is 8.96. The summed E-state index contributed by atoms with van der Waals surface area (Å²) in [5, 5.41) is 0.520. The number of methoxy groups -OCH3 is 1. The van der Waals surface area contributed by atoms with Crippen LogP contribution in [-0.4, -0.2) is 27.3 Å². The summed E-state index contributed by atoms with van der Waals surface area (Å²) in [5.41, 5.74) is 1.60. The molecular formula is C11H15BrFNO. The fraction of sp³-hybridized carbons (Fsp3) is 0.455. The van der Waals surface area contributed by atoms with Crippen molar-refractivity contribution in [2.75, 3.05) is 32.2 Å². The molecule has 2 nitrogen and oxygen atoms in total. The van der Waals surface area contributed by atoms with Gasteiger partial charge in [0.15, 0.2) is 0 Å². The summed E-state index contributed by atoms with van der Waals surface area (Å²) in [5.74, 6) is -0.173. The van der Waals surface area contributed by atoms with Crippen LogP contribution in [0.15, 0.2) is 18.2 Å².